The van der Waals surface area contributed by atoms with E-state index in [4.69, 9.17) is 16.6 Å². The summed E-state index contributed by atoms with van der Waals surface area (Å²) in [7, 11) is 0. The van der Waals surface area contributed by atoms with Crippen molar-refractivity contribution < 1.29 is 4.39 Å². The Hall–Kier alpha value is -2.58. The number of rotatable bonds is 6. The SMILES string of the molecule is CCNCC1CCN(c2ncc3ncnc(Nc4ccc(F)c(Cl)c4)c3n2)CC1. The van der Waals surface area contributed by atoms with E-state index in [1.807, 2.05) is 0 Å². The minimum absolute atomic E-state index is 0.0455. The maximum atomic E-state index is 13.4. The molecule has 2 N–H and O–H groups in total. The third-order valence-electron chi connectivity index (χ3n) is 5.13. The maximum Gasteiger partial charge on any atom is 0.226 e. The minimum atomic E-state index is -0.466. The summed E-state index contributed by atoms with van der Waals surface area (Å²) in [5.41, 5.74) is 1.88. The molecule has 1 fully saturated rings. The van der Waals surface area contributed by atoms with Gasteiger partial charge >= 0.3 is 0 Å². The van der Waals surface area contributed by atoms with Gasteiger partial charge < -0.3 is 15.5 Å². The molecule has 2 aromatic heterocycles. The molecule has 4 rings (SSSR count). The second-order valence-electron chi connectivity index (χ2n) is 7.12. The number of benzene rings is 1. The van der Waals surface area contributed by atoms with E-state index in [1.54, 1.807) is 12.3 Å². The quantitative estimate of drug-likeness (QED) is 0.634. The molecule has 0 radical (unpaired) electrons. The van der Waals surface area contributed by atoms with E-state index < -0.39 is 5.82 Å². The highest BCUT2D eigenvalue weighted by Gasteiger charge is 2.21. The molecule has 0 saturated carbocycles. The molecule has 7 nitrogen and oxygen atoms in total. The molecular weight excluding hydrogens is 393 g/mol. The van der Waals surface area contributed by atoms with Crippen molar-refractivity contribution in [2.75, 3.05) is 36.4 Å². The van der Waals surface area contributed by atoms with Crippen LogP contribution in [0.3, 0.4) is 0 Å². The number of halogens is 2. The molecule has 0 unspecified atom stereocenters. The predicted octanol–water partition coefficient (Wildman–Crippen LogP) is 3.78. The molecular formula is C20H23ClFN7. The summed E-state index contributed by atoms with van der Waals surface area (Å²) in [6.07, 6.45) is 5.38. The molecule has 3 aromatic rings. The van der Waals surface area contributed by atoms with Crippen molar-refractivity contribution in [3.05, 3.63) is 41.6 Å². The number of hydrogen-bond donors (Lipinski definition) is 2. The minimum Gasteiger partial charge on any atom is -0.341 e. The Morgan fingerprint density at radius 3 is 2.79 bits per heavy atom. The van der Waals surface area contributed by atoms with Crippen molar-refractivity contribution in [3.63, 3.8) is 0 Å². The lowest BCUT2D eigenvalue weighted by molar-refractivity contribution is 0.384. The summed E-state index contributed by atoms with van der Waals surface area (Å²) in [5, 5.41) is 6.63. The molecule has 0 amide bonds. The van der Waals surface area contributed by atoms with Crippen molar-refractivity contribution in [3.8, 4) is 0 Å². The number of hydrogen-bond acceptors (Lipinski definition) is 7. The van der Waals surface area contributed by atoms with Crippen LogP contribution < -0.4 is 15.5 Å². The molecule has 0 spiro atoms. The summed E-state index contributed by atoms with van der Waals surface area (Å²) in [4.78, 5) is 20.0. The summed E-state index contributed by atoms with van der Waals surface area (Å²) >= 11 is 5.88. The van der Waals surface area contributed by atoms with Crippen molar-refractivity contribution in [2.45, 2.75) is 19.8 Å². The van der Waals surface area contributed by atoms with Crippen LogP contribution in [0.1, 0.15) is 19.8 Å². The second kappa shape index (κ2) is 8.84. The van der Waals surface area contributed by atoms with E-state index >= 15 is 0 Å². The fourth-order valence-corrected chi connectivity index (χ4v) is 3.67. The fraction of sp³-hybridized carbons (Fsp3) is 0.400. The van der Waals surface area contributed by atoms with Gasteiger partial charge in [-0.2, -0.15) is 0 Å². The maximum absolute atomic E-state index is 13.4. The molecule has 9 heteroatoms. The monoisotopic (exact) mass is 415 g/mol. The van der Waals surface area contributed by atoms with E-state index in [9.17, 15) is 4.39 Å². The van der Waals surface area contributed by atoms with E-state index in [2.05, 4.69) is 37.4 Å². The normalized spacial score (nSPS) is 15.1. The standard InChI is InChI=1S/C20H23ClFN7/c1-2-23-10-13-5-7-29(8-6-13)20-24-11-17-18(28-20)19(26-12-25-17)27-14-3-4-16(22)15(21)9-14/h3-4,9,11-13,23H,2,5-8,10H2,1H3,(H,25,26,27). The molecule has 152 valence electrons. The average molecular weight is 416 g/mol. The smallest absolute Gasteiger partial charge is 0.226 e. The van der Waals surface area contributed by atoms with E-state index in [1.165, 1.54) is 18.5 Å². The molecule has 29 heavy (non-hydrogen) atoms. The Balaban J connectivity index is 1.55. The van der Waals surface area contributed by atoms with Crippen LogP contribution in [-0.4, -0.2) is 46.1 Å². The van der Waals surface area contributed by atoms with E-state index in [0.29, 0.717) is 34.4 Å². The van der Waals surface area contributed by atoms with Crippen molar-refractivity contribution in [1.29, 1.82) is 0 Å². The predicted molar refractivity (Wildman–Crippen MR) is 113 cm³/mol. The van der Waals surface area contributed by atoms with Crippen LogP contribution in [0.15, 0.2) is 30.7 Å². The number of fused-ring (bicyclic) bond motifs is 1. The van der Waals surface area contributed by atoms with Gasteiger partial charge in [0.05, 0.1) is 11.2 Å². The van der Waals surface area contributed by atoms with Gasteiger partial charge in [0.1, 0.15) is 23.2 Å². The van der Waals surface area contributed by atoms with Crippen LogP contribution >= 0.6 is 11.6 Å². The summed E-state index contributed by atoms with van der Waals surface area (Å²) in [5.74, 6) is 1.43. The Kier molecular flexibility index (Phi) is 6.01. The Labute approximate surface area is 173 Å². The summed E-state index contributed by atoms with van der Waals surface area (Å²) < 4.78 is 13.4. The molecule has 1 aromatic carbocycles. The first-order valence-corrected chi connectivity index (χ1v) is 10.2. The first-order valence-electron chi connectivity index (χ1n) is 9.79. The third kappa shape index (κ3) is 4.54. The molecule has 1 aliphatic heterocycles. The summed E-state index contributed by atoms with van der Waals surface area (Å²) in [6.45, 7) is 6.04. The Bertz CT molecular complexity index is 992. The lowest BCUT2D eigenvalue weighted by atomic mass is 9.97. The number of anilines is 3. The summed E-state index contributed by atoms with van der Waals surface area (Å²) in [6, 6.07) is 4.43. The van der Waals surface area contributed by atoms with Gasteiger partial charge in [-0.15, -0.1) is 0 Å². The number of nitrogens with one attached hydrogen (secondary N) is 2. The van der Waals surface area contributed by atoms with Crippen molar-refractivity contribution in [1.82, 2.24) is 25.3 Å². The van der Waals surface area contributed by atoms with Gasteiger partial charge in [0, 0.05) is 18.8 Å². The molecule has 0 atom stereocenters. The van der Waals surface area contributed by atoms with Crippen LogP contribution in [-0.2, 0) is 0 Å². The molecule has 0 bridgehead atoms. The highest BCUT2D eigenvalue weighted by Crippen LogP contribution is 2.27. The van der Waals surface area contributed by atoms with Crippen LogP contribution in [0.5, 0.6) is 0 Å². The zero-order valence-corrected chi connectivity index (χ0v) is 17.0. The van der Waals surface area contributed by atoms with Crippen molar-refractivity contribution in [2.24, 2.45) is 5.92 Å². The van der Waals surface area contributed by atoms with Crippen LogP contribution in [0.2, 0.25) is 5.02 Å². The van der Waals surface area contributed by atoms with Gasteiger partial charge in [0.25, 0.3) is 0 Å². The first kappa shape index (κ1) is 19.7. The van der Waals surface area contributed by atoms with Crippen LogP contribution in [0.25, 0.3) is 11.0 Å². The van der Waals surface area contributed by atoms with Gasteiger partial charge in [0.2, 0.25) is 5.95 Å². The van der Waals surface area contributed by atoms with Gasteiger partial charge in [-0.25, -0.2) is 24.3 Å². The number of nitrogens with zero attached hydrogens (tertiary/aromatic N) is 5. The third-order valence-corrected chi connectivity index (χ3v) is 5.42. The first-order chi connectivity index (χ1) is 14.1. The topological polar surface area (TPSA) is 78.9 Å². The largest absolute Gasteiger partial charge is 0.341 e. The van der Waals surface area contributed by atoms with Crippen LogP contribution in [0.4, 0.5) is 21.8 Å². The zero-order chi connectivity index (χ0) is 20.2. The molecule has 1 aliphatic rings. The highest BCUT2D eigenvalue weighted by molar-refractivity contribution is 6.31. The average Bonchev–Trinajstić information content (AvgIpc) is 2.75. The van der Waals surface area contributed by atoms with Gasteiger partial charge in [-0.1, -0.05) is 18.5 Å². The molecule has 3 heterocycles. The highest BCUT2D eigenvalue weighted by atomic mass is 35.5. The zero-order valence-electron chi connectivity index (χ0n) is 16.2. The lowest BCUT2D eigenvalue weighted by Gasteiger charge is -2.32. The van der Waals surface area contributed by atoms with Gasteiger partial charge in [-0.3, -0.25) is 0 Å². The van der Waals surface area contributed by atoms with E-state index in [0.717, 1.165) is 39.0 Å². The second-order valence-corrected chi connectivity index (χ2v) is 7.53. The molecule has 1 saturated heterocycles. The Morgan fingerprint density at radius 1 is 1.21 bits per heavy atom. The van der Waals surface area contributed by atoms with Gasteiger partial charge in [-0.05, 0) is 50.0 Å². The van der Waals surface area contributed by atoms with E-state index in [-0.39, 0.29) is 5.02 Å². The lowest BCUT2D eigenvalue weighted by Crippen LogP contribution is -2.38. The molecule has 0 aliphatic carbocycles. The van der Waals surface area contributed by atoms with Gasteiger partial charge in [0.15, 0.2) is 5.82 Å². The van der Waals surface area contributed by atoms with Crippen LogP contribution in [0, 0.1) is 11.7 Å². The van der Waals surface area contributed by atoms with Crippen molar-refractivity contribution >= 4 is 40.1 Å². The fourth-order valence-electron chi connectivity index (χ4n) is 3.48. The number of aromatic nitrogens is 4. The Morgan fingerprint density at radius 2 is 2.03 bits per heavy atom. The number of piperidine rings is 1.